The van der Waals surface area contributed by atoms with Crippen molar-refractivity contribution >= 4 is 5.96 Å². The monoisotopic (exact) mass is 292 g/mol. The Bertz CT molecular complexity index is 477. The molecule has 0 atom stereocenters. The van der Waals surface area contributed by atoms with Gasteiger partial charge in [-0.1, -0.05) is 13.3 Å². The van der Waals surface area contributed by atoms with Crippen LogP contribution in [0, 0.1) is 11.2 Å². The lowest BCUT2D eigenvalue weighted by atomic mass is 9.67. The van der Waals surface area contributed by atoms with E-state index in [2.05, 4.69) is 27.5 Å². The van der Waals surface area contributed by atoms with Gasteiger partial charge in [-0.25, -0.2) is 9.38 Å². The first kappa shape index (κ1) is 15.7. The maximum Gasteiger partial charge on any atom is 0.191 e. The lowest BCUT2D eigenvalue weighted by molar-refractivity contribution is 0.131. The Labute approximate surface area is 126 Å². The molecule has 1 aliphatic rings. The van der Waals surface area contributed by atoms with E-state index in [9.17, 15) is 4.39 Å². The van der Waals surface area contributed by atoms with Crippen LogP contribution < -0.4 is 10.6 Å². The van der Waals surface area contributed by atoms with Crippen LogP contribution in [0.5, 0.6) is 0 Å². The summed E-state index contributed by atoms with van der Waals surface area (Å²) in [7, 11) is 0. The van der Waals surface area contributed by atoms with Gasteiger partial charge in [0.2, 0.25) is 0 Å². The minimum atomic E-state index is -0.305. The average molecular weight is 292 g/mol. The molecule has 0 unspecified atom stereocenters. The summed E-state index contributed by atoms with van der Waals surface area (Å²) in [6, 6.07) is 3.01. The smallest absolute Gasteiger partial charge is 0.191 e. The van der Waals surface area contributed by atoms with E-state index in [1.54, 1.807) is 12.3 Å². The molecule has 2 N–H and O–H groups in total. The first-order chi connectivity index (χ1) is 10.2. The molecule has 0 radical (unpaired) electrons. The van der Waals surface area contributed by atoms with E-state index in [4.69, 9.17) is 0 Å². The molecule has 0 amide bonds. The molecule has 21 heavy (non-hydrogen) atoms. The molecule has 0 spiro atoms. The summed E-state index contributed by atoms with van der Waals surface area (Å²) < 4.78 is 13.5. The van der Waals surface area contributed by atoms with Gasteiger partial charge in [-0.05, 0) is 43.7 Å². The number of guanidine groups is 1. The van der Waals surface area contributed by atoms with E-state index < -0.39 is 0 Å². The number of hydrogen-bond acceptors (Lipinski definition) is 2. The second kappa shape index (κ2) is 7.38. The molecule has 1 saturated carbocycles. The van der Waals surface area contributed by atoms with Crippen LogP contribution in [0.25, 0.3) is 0 Å². The van der Waals surface area contributed by atoms with Gasteiger partial charge in [-0.2, -0.15) is 0 Å². The SMILES string of the molecule is CCNC(=NCc1ncccc1F)NCC1(CC)CCC1. The van der Waals surface area contributed by atoms with E-state index in [1.165, 1.54) is 31.7 Å². The van der Waals surface area contributed by atoms with Crippen molar-refractivity contribution in [2.24, 2.45) is 10.4 Å². The minimum Gasteiger partial charge on any atom is -0.357 e. The summed E-state index contributed by atoms with van der Waals surface area (Å²) in [4.78, 5) is 8.46. The van der Waals surface area contributed by atoms with Crippen LogP contribution in [0.4, 0.5) is 4.39 Å². The number of hydrogen-bond donors (Lipinski definition) is 2. The van der Waals surface area contributed by atoms with Gasteiger partial charge >= 0.3 is 0 Å². The Kier molecular flexibility index (Phi) is 5.53. The predicted molar refractivity (Wildman–Crippen MR) is 83.6 cm³/mol. The normalized spacial score (nSPS) is 17.2. The average Bonchev–Trinajstić information content (AvgIpc) is 2.45. The van der Waals surface area contributed by atoms with Gasteiger partial charge in [0.25, 0.3) is 0 Å². The number of nitrogens with one attached hydrogen (secondary N) is 2. The molecule has 5 heteroatoms. The largest absolute Gasteiger partial charge is 0.357 e. The Morgan fingerprint density at radius 1 is 1.38 bits per heavy atom. The van der Waals surface area contributed by atoms with Crippen molar-refractivity contribution < 1.29 is 4.39 Å². The third kappa shape index (κ3) is 4.16. The zero-order chi connectivity index (χ0) is 15.1. The number of aromatic nitrogens is 1. The summed E-state index contributed by atoms with van der Waals surface area (Å²) in [5.41, 5.74) is 0.801. The van der Waals surface area contributed by atoms with Crippen LogP contribution >= 0.6 is 0 Å². The maximum absolute atomic E-state index is 13.5. The van der Waals surface area contributed by atoms with Crippen molar-refractivity contribution in [3.05, 3.63) is 29.8 Å². The highest BCUT2D eigenvalue weighted by atomic mass is 19.1. The molecular formula is C16H25FN4. The van der Waals surface area contributed by atoms with Gasteiger partial charge in [0.15, 0.2) is 5.96 Å². The van der Waals surface area contributed by atoms with Gasteiger partial charge in [0.05, 0.1) is 12.2 Å². The second-order valence-electron chi connectivity index (χ2n) is 5.69. The molecule has 0 aliphatic heterocycles. The van der Waals surface area contributed by atoms with Crippen LogP contribution in [0.2, 0.25) is 0 Å². The van der Waals surface area contributed by atoms with Crippen molar-refractivity contribution in [2.45, 2.75) is 46.1 Å². The summed E-state index contributed by atoms with van der Waals surface area (Å²) in [5, 5.41) is 6.60. The van der Waals surface area contributed by atoms with Crippen LogP contribution in [0.3, 0.4) is 0 Å². The molecule has 0 aromatic carbocycles. The van der Waals surface area contributed by atoms with Crippen LogP contribution in [-0.2, 0) is 6.54 Å². The molecule has 2 rings (SSSR count). The second-order valence-corrected chi connectivity index (χ2v) is 5.69. The van der Waals surface area contributed by atoms with Gasteiger partial charge in [0.1, 0.15) is 5.82 Å². The number of aliphatic imine (C=N–C) groups is 1. The molecule has 1 fully saturated rings. The molecule has 1 heterocycles. The minimum absolute atomic E-state index is 0.251. The van der Waals surface area contributed by atoms with Gasteiger partial charge < -0.3 is 10.6 Å². The molecule has 0 bridgehead atoms. The molecular weight excluding hydrogens is 267 g/mol. The van der Waals surface area contributed by atoms with Gasteiger partial charge in [-0.3, -0.25) is 4.98 Å². The Hall–Kier alpha value is -1.65. The number of pyridine rings is 1. The number of halogens is 1. The fourth-order valence-corrected chi connectivity index (χ4v) is 2.63. The molecule has 0 saturated heterocycles. The third-order valence-corrected chi connectivity index (χ3v) is 4.36. The van der Waals surface area contributed by atoms with Gasteiger partial charge in [-0.15, -0.1) is 0 Å². The van der Waals surface area contributed by atoms with Crippen molar-refractivity contribution in [2.75, 3.05) is 13.1 Å². The Balaban J connectivity index is 1.94. The molecule has 1 aromatic heterocycles. The van der Waals surface area contributed by atoms with E-state index in [1.807, 2.05) is 6.92 Å². The summed E-state index contributed by atoms with van der Waals surface area (Å²) in [6.45, 7) is 6.24. The van der Waals surface area contributed by atoms with E-state index in [0.717, 1.165) is 19.0 Å². The predicted octanol–water partition coefficient (Wildman–Crippen LogP) is 2.86. The van der Waals surface area contributed by atoms with E-state index in [-0.39, 0.29) is 12.4 Å². The Morgan fingerprint density at radius 2 is 2.19 bits per heavy atom. The fraction of sp³-hybridized carbons (Fsp3) is 0.625. The highest BCUT2D eigenvalue weighted by Gasteiger charge is 2.34. The first-order valence-electron chi connectivity index (χ1n) is 7.81. The van der Waals surface area contributed by atoms with Crippen LogP contribution in [-0.4, -0.2) is 24.0 Å². The van der Waals surface area contributed by atoms with Crippen LogP contribution in [0.1, 0.15) is 45.2 Å². The Morgan fingerprint density at radius 3 is 2.76 bits per heavy atom. The quantitative estimate of drug-likeness (QED) is 0.626. The van der Waals surface area contributed by atoms with Crippen molar-refractivity contribution in [3.63, 3.8) is 0 Å². The topological polar surface area (TPSA) is 49.3 Å². The standard InChI is InChI=1S/C16H25FN4/c1-3-16(8-6-9-16)12-21-15(18-4-2)20-11-14-13(17)7-5-10-19-14/h5,7,10H,3-4,6,8-9,11-12H2,1-2H3,(H2,18,20,21). The summed E-state index contributed by atoms with van der Waals surface area (Å²) in [6.07, 6.45) is 6.67. The zero-order valence-corrected chi connectivity index (χ0v) is 13.0. The highest BCUT2D eigenvalue weighted by molar-refractivity contribution is 5.79. The summed E-state index contributed by atoms with van der Waals surface area (Å²) in [5.74, 6) is 0.434. The van der Waals surface area contributed by atoms with Crippen molar-refractivity contribution in [3.8, 4) is 0 Å². The summed E-state index contributed by atoms with van der Waals surface area (Å²) >= 11 is 0. The zero-order valence-electron chi connectivity index (χ0n) is 13.0. The molecule has 116 valence electrons. The molecule has 4 nitrogen and oxygen atoms in total. The first-order valence-corrected chi connectivity index (χ1v) is 7.81. The van der Waals surface area contributed by atoms with Crippen molar-refractivity contribution in [1.82, 2.24) is 15.6 Å². The maximum atomic E-state index is 13.5. The third-order valence-electron chi connectivity index (χ3n) is 4.36. The van der Waals surface area contributed by atoms with Crippen LogP contribution in [0.15, 0.2) is 23.3 Å². The van der Waals surface area contributed by atoms with Crippen molar-refractivity contribution in [1.29, 1.82) is 0 Å². The number of rotatable bonds is 6. The van der Waals surface area contributed by atoms with E-state index >= 15 is 0 Å². The lowest BCUT2D eigenvalue weighted by Gasteiger charge is -2.41. The number of nitrogens with zero attached hydrogens (tertiary/aromatic N) is 2. The highest BCUT2D eigenvalue weighted by Crippen LogP contribution is 2.42. The lowest BCUT2D eigenvalue weighted by Crippen LogP contribution is -2.46. The fourth-order valence-electron chi connectivity index (χ4n) is 2.63. The van der Waals surface area contributed by atoms with E-state index in [0.29, 0.717) is 11.1 Å². The van der Waals surface area contributed by atoms with Gasteiger partial charge in [0, 0.05) is 19.3 Å². The molecule has 1 aromatic rings. The molecule has 1 aliphatic carbocycles.